The zero-order valence-corrected chi connectivity index (χ0v) is 15.6. The number of rotatable bonds is 2. The van der Waals surface area contributed by atoms with Gasteiger partial charge >= 0.3 is 0 Å². The number of H-pyrrole nitrogens is 1. The molecule has 3 N–H and O–H groups in total. The average molecular weight is 388 g/mol. The summed E-state index contributed by atoms with van der Waals surface area (Å²) in [4.78, 5) is 15.2. The molecule has 2 fully saturated rings. The molecular weight excluding hydrogens is 369 g/mol. The van der Waals surface area contributed by atoms with Crippen molar-refractivity contribution in [2.45, 2.75) is 43.8 Å². The van der Waals surface area contributed by atoms with Crippen LogP contribution in [0.5, 0.6) is 0 Å². The molecule has 1 unspecified atom stereocenters. The molecule has 2 aliphatic rings. The number of aromatic nitrogens is 3. The average Bonchev–Trinajstić information content (AvgIpc) is 3.16. The van der Waals surface area contributed by atoms with Gasteiger partial charge in [-0.15, -0.1) is 0 Å². The fourth-order valence-electron chi connectivity index (χ4n) is 4.52. The van der Waals surface area contributed by atoms with E-state index in [1.807, 2.05) is 24.5 Å². The molecule has 5 rings (SSSR count). The van der Waals surface area contributed by atoms with Gasteiger partial charge in [0.15, 0.2) is 5.65 Å². The van der Waals surface area contributed by atoms with Crippen LogP contribution in [0.1, 0.15) is 25.7 Å². The second-order valence-corrected chi connectivity index (χ2v) is 8.04. The van der Waals surface area contributed by atoms with E-state index in [9.17, 15) is 0 Å². The number of piperidine rings is 1. The van der Waals surface area contributed by atoms with Crippen molar-refractivity contribution >= 4 is 40.2 Å². The Morgan fingerprint density at radius 1 is 1.12 bits per heavy atom. The van der Waals surface area contributed by atoms with E-state index in [-0.39, 0.29) is 0 Å². The molecule has 0 saturated carbocycles. The smallest absolute Gasteiger partial charge is 0.159 e. The normalized spacial score (nSPS) is 25.2. The van der Waals surface area contributed by atoms with E-state index in [4.69, 9.17) is 38.9 Å². The van der Waals surface area contributed by atoms with Crippen LogP contribution in [-0.2, 0) is 0 Å². The first kappa shape index (κ1) is 16.4. The van der Waals surface area contributed by atoms with Crippen molar-refractivity contribution < 1.29 is 0 Å². The highest BCUT2D eigenvalue weighted by Gasteiger charge is 2.40. The Labute approximate surface area is 161 Å². The maximum Gasteiger partial charge on any atom is 0.159 e. The number of nitrogens with zero attached hydrogens (tertiary/aromatic N) is 3. The van der Waals surface area contributed by atoms with Crippen LogP contribution in [-0.4, -0.2) is 33.1 Å². The van der Waals surface area contributed by atoms with Crippen molar-refractivity contribution in [1.29, 1.82) is 0 Å². The first-order chi connectivity index (χ1) is 12.6. The van der Waals surface area contributed by atoms with Crippen LogP contribution < -0.4 is 10.6 Å². The van der Waals surface area contributed by atoms with Gasteiger partial charge in [0.05, 0.1) is 16.2 Å². The molecule has 3 atom stereocenters. The minimum Gasteiger partial charge on any atom is -0.349 e. The molecule has 0 amide bonds. The summed E-state index contributed by atoms with van der Waals surface area (Å²) in [6, 6.07) is 6.88. The van der Waals surface area contributed by atoms with Crippen LogP contribution in [0.25, 0.3) is 22.3 Å². The van der Waals surface area contributed by atoms with Crippen molar-refractivity contribution in [2.24, 2.45) is 5.73 Å². The molecule has 0 aliphatic carbocycles. The molecule has 2 aliphatic heterocycles. The Hall–Kier alpha value is -1.82. The summed E-state index contributed by atoms with van der Waals surface area (Å²) in [7, 11) is 0. The van der Waals surface area contributed by atoms with E-state index in [1.165, 1.54) is 12.8 Å². The number of fused-ring (bicyclic) bond motifs is 3. The first-order valence-corrected chi connectivity index (χ1v) is 9.70. The zero-order valence-electron chi connectivity index (χ0n) is 14.1. The van der Waals surface area contributed by atoms with E-state index < -0.39 is 0 Å². The summed E-state index contributed by atoms with van der Waals surface area (Å²) in [5.74, 6) is 0.933. The van der Waals surface area contributed by atoms with E-state index in [0.717, 1.165) is 41.0 Å². The van der Waals surface area contributed by atoms with Gasteiger partial charge in [-0.25, -0.2) is 9.97 Å². The van der Waals surface area contributed by atoms with Gasteiger partial charge in [0.2, 0.25) is 0 Å². The lowest BCUT2D eigenvalue weighted by molar-refractivity contribution is 0.412. The Kier molecular flexibility index (Phi) is 3.85. The van der Waals surface area contributed by atoms with Crippen LogP contribution in [0.15, 0.2) is 30.6 Å². The van der Waals surface area contributed by atoms with Gasteiger partial charge in [-0.2, -0.15) is 0 Å². The molecule has 7 heteroatoms. The van der Waals surface area contributed by atoms with Crippen LogP contribution in [0.3, 0.4) is 0 Å². The van der Waals surface area contributed by atoms with Gasteiger partial charge in [-0.1, -0.05) is 35.3 Å². The van der Waals surface area contributed by atoms with Crippen LogP contribution in [0.4, 0.5) is 5.82 Å². The summed E-state index contributed by atoms with van der Waals surface area (Å²) in [5.41, 5.74) is 9.53. The monoisotopic (exact) mass is 387 g/mol. The lowest BCUT2D eigenvalue weighted by Gasteiger charge is -2.38. The standard InChI is InChI=1S/C19H19Cl2N5/c20-15-3-1-2-13(17(15)21)14-8-24-19-18(14)23-9-16(25-19)26-11-4-5-12(26)7-10(22)6-11/h1-3,8-12H,4-7,22H2,(H,24,25)/t10?,11-,12+. The van der Waals surface area contributed by atoms with Gasteiger partial charge in [0.1, 0.15) is 11.3 Å². The fraction of sp³-hybridized carbons (Fsp3) is 0.368. The number of hydrogen-bond acceptors (Lipinski definition) is 4. The van der Waals surface area contributed by atoms with E-state index in [1.54, 1.807) is 6.07 Å². The molecule has 3 aromatic rings. The number of anilines is 1. The summed E-state index contributed by atoms with van der Waals surface area (Å²) in [6.07, 6.45) is 8.21. The summed E-state index contributed by atoms with van der Waals surface area (Å²) < 4.78 is 0. The lowest BCUT2D eigenvalue weighted by atomic mass is 9.98. The van der Waals surface area contributed by atoms with E-state index >= 15 is 0 Å². The number of hydrogen-bond donors (Lipinski definition) is 2. The molecule has 2 saturated heterocycles. The quantitative estimate of drug-likeness (QED) is 0.683. The second kappa shape index (κ2) is 6.12. The molecule has 2 bridgehead atoms. The first-order valence-electron chi connectivity index (χ1n) is 8.94. The maximum atomic E-state index is 6.38. The third kappa shape index (κ3) is 2.49. The molecule has 1 aromatic carbocycles. The predicted molar refractivity (Wildman–Crippen MR) is 106 cm³/mol. The van der Waals surface area contributed by atoms with Crippen LogP contribution in [0, 0.1) is 0 Å². The Morgan fingerprint density at radius 3 is 2.65 bits per heavy atom. The summed E-state index contributed by atoms with van der Waals surface area (Å²) in [6.45, 7) is 0. The third-order valence-corrected chi connectivity index (χ3v) is 6.46. The molecule has 0 radical (unpaired) electrons. The largest absolute Gasteiger partial charge is 0.349 e. The summed E-state index contributed by atoms with van der Waals surface area (Å²) >= 11 is 12.5. The minimum absolute atomic E-state index is 0.308. The topological polar surface area (TPSA) is 70.8 Å². The van der Waals surface area contributed by atoms with E-state index in [0.29, 0.717) is 28.2 Å². The molecule has 26 heavy (non-hydrogen) atoms. The zero-order chi connectivity index (χ0) is 17.8. The highest BCUT2D eigenvalue weighted by Crippen LogP contribution is 2.40. The van der Waals surface area contributed by atoms with Crippen molar-refractivity contribution in [3.8, 4) is 11.1 Å². The van der Waals surface area contributed by atoms with Gasteiger partial charge in [-0.3, -0.25) is 0 Å². The summed E-state index contributed by atoms with van der Waals surface area (Å²) in [5, 5.41) is 1.06. The lowest BCUT2D eigenvalue weighted by Crippen LogP contribution is -2.47. The number of halogens is 2. The Morgan fingerprint density at radius 2 is 1.88 bits per heavy atom. The molecule has 0 spiro atoms. The second-order valence-electron chi connectivity index (χ2n) is 7.25. The minimum atomic E-state index is 0.308. The Balaban J connectivity index is 1.56. The molecule has 134 valence electrons. The van der Waals surface area contributed by atoms with Crippen molar-refractivity contribution in [3.63, 3.8) is 0 Å². The van der Waals surface area contributed by atoms with Gasteiger partial charge < -0.3 is 15.6 Å². The number of nitrogens with one attached hydrogen (secondary N) is 1. The molecular formula is C19H19Cl2N5. The highest BCUT2D eigenvalue weighted by molar-refractivity contribution is 6.43. The highest BCUT2D eigenvalue weighted by atomic mass is 35.5. The van der Waals surface area contributed by atoms with Gasteiger partial charge in [0, 0.05) is 35.4 Å². The van der Waals surface area contributed by atoms with Crippen molar-refractivity contribution in [1.82, 2.24) is 15.0 Å². The van der Waals surface area contributed by atoms with Crippen LogP contribution >= 0.6 is 23.2 Å². The van der Waals surface area contributed by atoms with Gasteiger partial charge in [0.25, 0.3) is 0 Å². The molecule has 2 aromatic heterocycles. The predicted octanol–water partition coefficient (Wildman–Crippen LogP) is 4.39. The molecule has 4 heterocycles. The Bertz CT molecular complexity index is 971. The third-order valence-electron chi connectivity index (χ3n) is 5.64. The van der Waals surface area contributed by atoms with Crippen LogP contribution in [0.2, 0.25) is 10.0 Å². The SMILES string of the molecule is NC1C[C@H]2CC[C@@H](C1)N2c1cnc2c(-c3cccc(Cl)c3Cl)c[nH]c2n1. The van der Waals surface area contributed by atoms with E-state index in [2.05, 4.69) is 9.88 Å². The number of benzene rings is 1. The number of nitrogens with two attached hydrogens (primary N) is 1. The number of aromatic amines is 1. The maximum absolute atomic E-state index is 6.38. The fourth-order valence-corrected chi connectivity index (χ4v) is 4.92. The van der Waals surface area contributed by atoms with Gasteiger partial charge in [-0.05, 0) is 31.7 Å². The van der Waals surface area contributed by atoms with Crippen molar-refractivity contribution in [3.05, 3.63) is 40.6 Å². The van der Waals surface area contributed by atoms with Crippen molar-refractivity contribution in [2.75, 3.05) is 4.90 Å². The molecule has 5 nitrogen and oxygen atoms in total.